The number of nitrogens with zero attached hydrogens (tertiary/aromatic N) is 2. The largest absolute Gasteiger partial charge is 0.344 e. The average molecular weight is 719 g/mol. The van der Waals surface area contributed by atoms with Crippen molar-refractivity contribution in [2.45, 2.75) is 60.0 Å². The molecule has 0 aliphatic heterocycles. The van der Waals surface area contributed by atoms with E-state index in [0.717, 1.165) is 46.0 Å². The predicted octanol–water partition coefficient (Wildman–Crippen LogP) is 9.03. The molecule has 1 amide bonds. The minimum atomic E-state index is -0.407. The van der Waals surface area contributed by atoms with E-state index < -0.39 is 5.24 Å². The maximum atomic E-state index is 12.1. The van der Waals surface area contributed by atoms with Crippen LogP contribution < -0.4 is 11.1 Å². The van der Waals surface area contributed by atoms with Gasteiger partial charge in [-0.2, -0.15) is 0 Å². The van der Waals surface area contributed by atoms with Crippen molar-refractivity contribution in [3.63, 3.8) is 0 Å². The summed E-state index contributed by atoms with van der Waals surface area (Å²) in [5, 5.41) is 2.65. The Kier molecular flexibility index (Phi) is 15.8. The molecular weight excluding hydrogens is 680 g/mol. The summed E-state index contributed by atoms with van der Waals surface area (Å²) in [6.45, 7) is 0. The van der Waals surface area contributed by atoms with Gasteiger partial charge >= 0.3 is 0 Å². The number of aromatic nitrogens is 2. The first-order valence-electron chi connectivity index (χ1n) is 12.5. The zero-order valence-electron chi connectivity index (χ0n) is 21.0. The maximum absolute atomic E-state index is 12.1. The summed E-state index contributed by atoms with van der Waals surface area (Å²) in [6.07, 6.45) is 7.58. The summed E-state index contributed by atoms with van der Waals surface area (Å²) in [5.74, 6) is -0.0387. The molecule has 0 radical (unpaired) electrons. The monoisotopic (exact) mass is 716 g/mol. The average Bonchev–Trinajstić information content (AvgIpc) is 3.52. The van der Waals surface area contributed by atoms with Gasteiger partial charge in [-0.05, 0) is 105 Å². The molecule has 224 valence electrons. The van der Waals surface area contributed by atoms with Crippen LogP contribution in [0.5, 0.6) is 0 Å². The van der Waals surface area contributed by atoms with Crippen LogP contribution in [0.15, 0.2) is 94.1 Å². The second-order valence-electron chi connectivity index (χ2n) is 9.11. The van der Waals surface area contributed by atoms with Crippen molar-refractivity contribution in [3.05, 3.63) is 128 Å². The van der Waals surface area contributed by atoms with Crippen molar-refractivity contribution >= 4 is 54.6 Å². The van der Waals surface area contributed by atoms with E-state index in [2.05, 4.69) is 59.3 Å². The molecule has 0 saturated heterocycles. The summed E-state index contributed by atoms with van der Waals surface area (Å²) in [7, 11) is 0. The number of hydrogen-bond acceptors (Lipinski definition) is 5. The Morgan fingerprint density at radius 3 is 1.76 bits per heavy atom. The lowest BCUT2D eigenvalue weighted by Gasteiger charge is -2.13. The molecule has 2 aliphatic carbocycles. The van der Waals surface area contributed by atoms with E-state index in [4.69, 9.17) is 17.3 Å². The number of amides is 1. The van der Waals surface area contributed by atoms with Gasteiger partial charge in [0.25, 0.3) is 11.1 Å². The van der Waals surface area contributed by atoms with Gasteiger partial charge in [-0.1, -0.05) is 70.8 Å². The molecule has 6 rings (SSSR count). The van der Waals surface area contributed by atoms with E-state index in [1.165, 1.54) is 11.1 Å². The zero-order valence-corrected chi connectivity index (χ0v) is 24.9. The number of nitrogens with two attached hydrogens (primary N) is 1. The van der Waals surface area contributed by atoms with Crippen molar-refractivity contribution in [2.24, 2.45) is 5.73 Å². The van der Waals surface area contributed by atoms with Gasteiger partial charge in [0.05, 0.1) is 17.4 Å². The third-order valence-electron chi connectivity index (χ3n) is 6.39. The molecule has 0 bridgehead atoms. The molecule has 0 fully saturated rings. The highest BCUT2D eigenvalue weighted by Gasteiger charge is 2.25. The van der Waals surface area contributed by atoms with Crippen LogP contribution in [-0.2, 0) is 12.8 Å². The second-order valence-corrected chi connectivity index (χ2v) is 11.3. The quantitative estimate of drug-likeness (QED) is 0.206. The molecule has 0 spiro atoms. The Balaban J connectivity index is 0.000000330. The molecule has 9 heteroatoms. The van der Waals surface area contributed by atoms with Gasteiger partial charge in [-0.15, -0.1) is 0 Å². The fraction of sp³-hybridized carbons (Fsp3) is 0.273. The van der Waals surface area contributed by atoms with Crippen molar-refractivity contribution in [1.82, 2.24) is 15.3 Å². The number of rotatable bonds is 3. The van der Waals surface area contributed by atoms with E-state index >= 15 is 0 Å². The molecule has 6 nitrogen and oxygen atoms in total. The molecule has 2 aromatic heterocycles. The highest BCUT2D eigenvalue weighted by molar-refractivity contribution is 9.10. The van der Waals surface area contributed by atoms with E-state index in [1.807, 2.05) is 42.6 Å². The normalized spacial score (nSPS) is 15.3. The fourth-order valence-electron chi connectivity index (χ4n) is 4.46. The molecule has 2 aliphatic rings. The Bertz CT molecular complexity index is 1440. The minimum Gasteiger partial charge on any atom is -0.344 e. The number of nitrogens with one attached hydrogen (secondary N) is 1. The number of fused-ring (bicyclic) bond motifs is 2. The van der Waals surface area contributed by atoms with E-state index in [-0.39, 0.29) is 40.3 Å². The van der Waals surface area contributed by atoms with Gasteiger partial charge in [0.1, 0.15) is 0 Å². The smallest absolute Gasteiger partial charge is 0.252 e. The van der Waals surface area contributed by atoms with Crippen LogP contribution in [0.2, 0.25) is 0 Å². The molecule has 3 N–H and O–H groups in total. The zero-order chi connectivity index (χ0) is 27.8. The number of aryl methyl sites for hydroxylation is 2. The lowest BCUT2D eigenvalue weighted by molar-refractivity contribution is 0.0935. The number of halogens is 3. The minimum absolute atomic E-state index is 0. The Labute approximate surface area is 271 Å². The number of benzene rings is 2. The van der Waals surface area contributed by atoms with Gasteiger partial charge in [-0.3, -0.25) is 19.6 Å². The molecule has 2 aromatic carbocycles. The predicted molar refractivity (Wildman–Crippen MR) is 181 cm³/mol. The lowest BCUT2D eigenvalue weighted by atomic mass is 10.1. The van der Waals surface area contributed by atoms with Gasteiger partial charge in [0.15, 0.2) is 0 Å². The maximum Gasteiger partial charge on any atom is 0.252 e. The molecule has 42 heavy (non-hydrogen) atoms. The van der Waals surface area contributed by atoms with Crippen LogP contribution >= 0.6 is 43.5 Å². The summed E-state index contributed by atoms with van der Waals surface area (Å²) >= 11 is 12.0. The highest BCUT2D eigenvalue weighted by atomic mass is 79.9. The lowest BCUT2D eigenvalue weighted by Crippen LogP contribution is -2.27. The number of carbonyl (C=O) groups is 2. The van der Waals surface area contributed by atoms with Crippen molar-refractivity contribution in [2.75, 3.05) is 0 Å². The van der Waals surface area contributed by atoms with Gasteiger partial charge in [-0.25, -0.2) is 0 Å². The standard InChI is InChI=1S/C15H13BrN2O.C8H9BrN2.C7H5ClO.3CH4/c16-12-8-11-6-7-13(14(11)17-9-12)18-15(19)10-4-2-1-3-5-10;9-6-3-5-1-2-7(10)8(5)11-4-6;8-7(9)6-4-2-1-3-5-6;;;/h1-5,8-9,13H,6-7H2,(H,18,19);3-4,7H,1-2,10H2;1-5H;3*1H4. The molecular formula is C33H39Br2ClN4O2. The fourth-order valence-corrected chi connectivity index (χ4v) is 5.34. The number of hydrogen-bond donors (Lipinski definition) is 2. The van der Waals surface area contributed by atoms with Crippen LogP contribution in [0, 0.1) is 0 Å². The summed E-state index contributed by atoms with van der Waals surface area (Å²) in [5.41, 5.74) is 11.6. The van der Waals surface area contributed by atoms with Crippen LogP contribution in [0.3, 0.4) is 0 Å². The van der Waals surface area contributed by atoms with Crippen molar-refractivity contribution in [1.29, 1.82) is 0 Å². The van der Waals surface area contributed by atoms with Crippen LogP contribution in [0.1, 0.15) is 90.4 Å². The number of pyridine rings is 2. The SMILES string of the molecule is C.C.C.NC1CCc2cc(Br)cnc21.O=C(Cl)c1ccccc1.O=C(NC1CCc2cc(Br)cnc21)c1ccccc1. The van der Waals surface area contributed by atoms with Crippen molar-refractivity contribution < 1.29 is 9.59 Å². The van der Waals surface area contributed by atoms with E-state index in [9.17, 15) is 9.59 Å². The molecule has 0 saturated carbocycles. The third-order valence-corrected chi connectivity index (χ3v) is 7.47. The summed E-state index contributed by atoms with van der Waals surface area (Å²) in [6, 6.07) is 22.4. The molecule has 2 atom stereocenters. The summed E-state index contributed by atoms with van der Waals surface area (Å²) in [4.78, 5) is 31.2. The van der Waals surface area contributed by atoms with E-state index in [1.54, 1.807) is 30.5 Å². The topological polar surface area (TPSA) is 98.0 Å². The van der Waals surface area contributed by atoms with Crippen LogP contribution in [-0.4, -0.2) is 21.1 Å². The van der Waals surface area contributed by atoms with E-state index in [0.29, 0.717) is 11.1 Å². The van der Waals surface area contributed by atoms with Gasteiger partial charge in [0, 0.05) is 38.5 Å². The highest BCUT2D eigenvalue weighted by Crippen LogP contribution is 2.31. The summed E-state index contributed by atoms with van der Waals surface area (Å²) < 4.78 is 2.03. The Morgan fingerprint density at radius 2 is 1.24 bits per heavy atom. The molecule has 4 aromatic rings. The first kappa shape index (κ1) is 37.1. The third kappa shape index (κ3) is 10.1. The first-order valence-corrected chi connectivity index (χ1v) is 14.4. The van der Waals surface area contributed by atoms with Gasteiger partial charge < -0.3 is 11.1 Å². The first-order chi connectivity index (χ1) is 18.8. The van der Waals surface area contributed by atoms with Gasteiger partial charge in [0.2, 0.25) is 0 Å². The molecule has 2 heterocycles. The van der Waals surface area contributed by atoms with Crippen LogP contribution in [0.4, 0.5) is 0 Å². The second kappa shape index (κ2) is 17.9. The Hall–Kier alpha value is -2.91. The van der Waals surface area contributed by atoms with Crippen molar-refractivity contribution in [3.8, 4) is 0 Å². The number of carbonyl (C=O) groups excluding carboxylic acids is 2. The molecule has 2 unspecified atom stereocenters. The Morgan fingerprint density at radius 1 is 0.762 bits per heavy atom. The van der Waals surface area contributed by atoms with Crippen LogP contribution in [0.25, 0.3) is 0 Å².